The fourth-order valence-electron chi connectivity index (χ4n) is 1.76. The van der Waals surface area contributed by atoms with Crippen molar-refractivity contribution in [3.63, 3.8) is 0 Å². The van der Waals surface area contributed by atoms with E-state index in [4.69, 9.17) is 21.1 Å². The predicted octanol–water partition coefficient (Wildman–Crippen LogP) is 2.34. The summed E-state index contributed by atoms with van der Waals surface area (Å²) in [5, 5.41) is 0.940. The number of rotatable bonds is 3. The van der Waals surface area contributed by atoms with Gasteiger partial charge in [0, 0.05) is 18.9 Å². The van der Waals surface area contributed by atoms with Gasteiger partial charge in [-0.3, -0.25) is 4.79 Å². The molecule has 0 aliphatic carbocycles. The van der Waals surface area contributed by atoms with Crippen molar-refractivity contribution in [1.82, 2.24) is 4.98 Å². The van der Waals surface area contributed by atoms with Gasteiger partial charge >= 0.3 is 0 Å². The summed E-state index contributed by atoms with van der Waals surface area (Å²) >= 11 is 6.06. The number of H-pyrrole nitrogens is 1. The minimum Gasteiger partial charge on any atom is -0.496 e. The second-order valence-corrected chi connectivity index (χ2v) is 4.00. The third kappa shape index (κ3) is 2.14. The van der Waals surface area contributed by atoms with Gasteiger partial charge in [-0.1, -0.05) is 11.6 Å². The zero-order chi connectivity index (χ0) is 12.4. The monoisotopic (exact) mass is 253 g/mol. The number of halogens is 1. The Labute approximate surface area is 103 Å². The Hall–Kier alpha value is -1.52. The smallest absolute Gasteiger partial charge is 0.193 e. The Morgan fingerprint density at radius 2 is 2.12 bits per heavy atom. The molecule has 0 radical (unpaired) electrons. The molecule has 0 amide bonds. The standard InChI is InChI=1S/C12H12ClNO3/c1-16-6-7-5-9(15)11-10(17-2)4-3-8(13)12(11)14-7/h3-5H,6H2,1-2H3,(H,14,15). The molecule has 1 N–H and O–H groups in total. The lowest BCUT2D eigenvalue weighted by Crippen LogP contribution is -2.07. The van der Waals surface area contributed by atoms with Crippen molar-refractivity contribution < 1.29 is 9.47 Å². The van der Waals surface area contributed by atoms with E-state index in [0.717, 1.165) is 0 Å². The first-order valence-corrected chi connectivity index (χ1v) is 5.42. The summed E-state index contributed by atoms with van der Waals surface area (Å²) in [6, 6.07) is 4.86. The van der Waals surface area contributed by atoms with Crippen LogP contribution in [0.3, 0.4) is 0 Å². The first kappa shape index (κ1) is 12.0. The van der Waals surface area contributed by atoms with Crippen molar-refractivity contribution in [3.05, 3.63) is 39.1 Å². The van der Waals surface area contributed by atoms with E-state index in [1.54, 1.807) is 19.2 Å². The van der Waals surface area contributed by atoms with E-state index in [0.29, 0.717) is 34.0 Å². The Balaban J connectivity index is 2.79. The maximum Gasteiger partial charge on any atom is 0.193 e. The molecular weight excluding hydrogens is 242 g/mol. The number of nitrogens with one attached hydrogen (secondary N) is 1. The van der Waals surface area contributed by atoms with Crippen molar-refractivity contribution in [2.45, 2.75) is 6.61 Å². The fourth-order valence-corrected chi connectivity index (χ4v) is 1.96. The van der Waals surface area contributed by atoms with E-state index in [1.165, 1.54) is 13.2 Å². The average Bonchev–Trinajstić information content (AvgIpc) is 2.31. The number of methoxy groups -OCH3 is 2. The van der Waals surface area contributed by atoms with Gasteiger partial charge in [-0.2, -0.15) is 0 Å². The van der Waals surface area contributed by atoms with Crippen molar-refractivity contribution in [3.8, 4) is 5.75 Å². The fraction of sp³-hybridized carbons (Fsp3) is 0.250. The summed E-state index contributed by atoms with van der Waals surface area (Å²) in [6.07, 6.45) is 0. The van der Waals surface area contributed by atoms with Crippen LogP contribution in [0.25, 0.3) is 10.9 Å². The SMILES string of the molecule is COCc1cc(=O)c2c(OC)ccc(Cl)c2[nH]1. The largest absolute Gasteiger partial charge is 0.496 e. The highest BCUT2D eigenvalue weighted by molar-refractivity contribution is 6.35. The zero-order valence-corrected chi connectivity index (χ0v) is 10.3. The Bertz CT molecular complexity index is 606. The molecule has 0 fully saturated rings. The normalized spacial score (nSPS) is 10.8. The van der Waals surface area contributed by atoms with Crippen molar-refractivity contribution in [2.75, 3.05) is 14.2 Å². The molecule has 0 aliphatic heterocycles. The van der Waals surface area contributed by atoms with Crippen LogP contribution in [0, 0.1) is 0 Å². The van der Waals surface area contributed by atoms with E-state index < -0.39 is 0 Å². The predicted molar refractivity (Wildman–Crippen MR) is 66.8 cm³/mol. The maximum absolute atomic E-state index is 12.0. The highest BCUT2D eigenvalue weighted by Gasteiger charge is 2.10. The summed E-state index contributed by atoms with van der Waals surface area (Å²) in [7, 11) is 3.08. The lowest BCUT2D eigenvalue weighted by atomic mass is 10.1. The van der Waals surface area contributed by atoms with Crippen LogP contribution in [0.4, 0.5) is 0 Å². The van der Waals surface area contributed by atoms with E-state index >= 15 is 0 Å². The average molecular weight is 254 g/mol. The number of aromatic nitrogens is 1. The van der Waals surface area contributed by atoms with Gasteiger partial charge in [-0.25, -0.2) is 0 Å². The van der Waals surface area contributed by atoms with Crippen molar-refractivity contribution >= 4 is 22.5 Å². The topological polar surface area (TPSA) is 51.3 Å². The second kappa shape index (κ2) is 4.77. The molecule has 1 aromatic carbocycles. The zero-order valence-electron chi connectivity index (χ0n) is 9.54. The summed E-state index contributed by atoms with van der Waals surface area (Å²) < 4.78 is 10.1. The lowest BCUT2D eigenvalue weighted by Gasteiger charge is -2.08. The summed E-state index contributed by atoms with van der Waals surface area (Å²) in [4.78, 5) is 15.1. The van der Waals surface area contributed by atoms with Crippen LogP contribution >= 0.6 is 11.6 Å². The minimum atomic E-state index is -0.134. The van der Waals surface area contributed by atoms with Crippen LogP contribution in [0.2, 0.25) is 5.02 Å². The highest BCUT2D eigenvalue weighted by Crippen LogP contribution is 2.27. The van der Waals surface area contributed by atoms with Crippen LogP contribution in [0.1, 0.15) is 5.69 Å². The van der Waals surface area contributed by atoms with E-state index in [-0.39, 0.29) is 5.43 Å². The van der Waals surface area contributed by atoms with Gasteiger partial charge in [0.25, 0.3) is 0 Å². The Morgan fingerprint density at radius 1 is 1.35 bits per heavy atom. The first-order chi connectivity index (χ1) is 8.17. The van der Waals surface area contributed by atoms with Gasteiger partial charge in [-0.05, 0) is 12.1 Å². The lowest BCUT2D eigenvalue weighted by molar-refractivity contribution is 0.181. The van der Waals surface area contributed by atoms with Crippen LogP contribution < -0.4 is 10.2 Å². The number of benzene rings is 1. The van der Waals surface area contributed by atoms with Crippen LogP contribution in [0.15, 0.2) is 23.0 Å². The molecule has 90 valence electrons. The molecule has 4 nitrogen and oxygen atoms in total. The number of ether oxygens (including phenoxy) is 2. The van der Waals surface area contributed by atoms with Gasteiger partial charge in [0.1, 0.15) is 5.75 Å². The molecule has 2 aromatic rings. The third-order valence-electron chi connectivity index (χ3n) is 2.47. The van der Waals surface area contributed by atoms with E-state index in [9.17, 15) is 4.79 Å². The van der Waals surface area contributed by atoms with E-state index in [2.05, 4.69) is 4.98 Å². The van der Waals surface area contributed by atoms with Gasteiger partial charge in [0.2, 0.25) is 0 Å². The molecule has 0 bridgehead atoms. The number of aromatic amines is 1. The van der Waals surface area contributed by atoms with Crippen LogP contribution in [0.5, 0.6) is 5.75 Å². The summed E-state index contributed by atoms with van der Waals surface area (Å²) in [6.45, 7) is 0.332. The highest BCUT2D eigenvalue weighted by atomic mass is 35.5. The Kier molecular flexibility index (Phi) is 3.36. The molecule has 0 unspecified atom stereocenters. The molecular formula is C12H12ClNO3. The minimum absolute atomic E-state index is 0.134. The quantitative estimate of drug-likeness (QED) is 0.913. The van der Waals surface area contributed by atoms with Gasteiger partial charge in [0.05, 0.1) is 29.6 Å². The number of hydrogen-bond acceptors (Lipinski definition) is 3. The summed E-state index contributed by atoms with van der Waals surface area (Å²) in [5.74, 6) is 0.509. The molecule has 17 heavy (non-hydrogen) atoms. The van der Waals surface area contributed by atoms with Gasteiger partial charge in [0.15, 0.2) is 5.43 Å². The maximum atomic E-state index is 12.0. The molecule has 0 atom stereocenters. The first-order valence-electron chi connectivity index (χ1n) is 5.04. The molecule has 0 spiro atoms. The second-order valence-electron chi connectivity index (χ2n) is 3.59. The van der Waals surface area contributed by atoms with Crippen LogP contribution in [-0.4, -0.2) is 19.2 Å². The molecule has 0 aliphatic rings. The Morgan fingerprint density at radius 3 is 2.76 bits per heavy atom. The number of fused-ring (bicyclic) bond motifs is 1. The number of pyridine rings is 1. The van der Waals surface area contributed by atoms with Gasteiger partial charge in [-0.15, -0.1) is 0 Å². The molecule has 1 aromatic heterocycles. The molecule has 0 saturated carbocycles. The van der Waals surface area contributed by atoms with Crippen molar-refractivity contribution in [1.29, 1.82) is 0 Å². The molecule has 5 heteroatoms. The van der Waals surface area contributed by atoms with Crippen LogP contribution in [-0.2, 0) is 11.3 Å². The van der Waals surface area contributed by atoms with Gasteiger partial charge < -0.3 is 14.5 Å². The summed E-state index contributed by atoms with van der Waals surface area (Å²) in [5.41, 5.74) is 1.12. The molecule has 2 rings (SSSR count). The van der Waals surface area contributed by atoms with Crippen molar-refractivity contribution in [2.24, 2.45) is 0 Å². The third-order valence-corrected chi connectivity index (χ3v) is 2.79. The van der Waals surface area contributed by atoms with E-state index in [1.807, 2.05) is 0 Å². The molecule has 1 heterocycles. The molecule has 0 saturated heterocycles. The number of hydrogen-bond donors (Lipinski definition) is 1.